The van der Waals surface area contributed by atoms with E-state index in [1.807, 2.05) is 13.8 Å². The summed E-state index contributed by atoms with van der Waals surface area (Å²) in [5.74, 6) is -1.69. The number of nitrogens with one attached hydrogen (secondary N) is 2. The highest BCUT2D eigenvalue weighted by molar-refractivity contribution is 5.97. The van der Waals surface area contributed by atoms with Crippen molar-refractivity contribution in [2.75, 3.05) is 6.61 Å². The summed E-state index contributed by atoms with van der Waals surface area (Å²) in [6, 6.07) is 2.75. The molecule has 9 nitrogen and oxygen atoms in total. The minimum Gasteiger partial charge on any atom is -0.452 e. The van der Waals surface area contributed by atoms with E-state index in [0.717, 1.165) is 31.4 Å². The molecule has 0 atom stereocenters. The zero-order valence-corrected chi connectivity index (χ0v) is 16.5. The minimum absolute atomic E-state index is 0.0627. The second kappa shape index (κ2) is 8.85. The number of pyridine rings is 2. The van der Waals surface area contributed by atoms with Crippen molar-refractivity contribution >= 4 is 28.9 Å². The predicted octanol–water partition coefficient (Wildman–Crippen LogP) is 1.65. The Morgan fingerprint density at radius 2 is 1.97 bits per heavy atom. The van der Waals surface area contributed by atoms with E-state index in [0.29, 0.717) is 17.6 Å². The molecular formula is C20H24N4O5. The number of fused-ring (bicyclic) bond motifs is 1. The largest absolute Gasteiger partial charge is 0.452 e. The van der Waals surface area contributed by atoms with Gasteiger partial charge in [0.2, 0.25) is 5.43 Å². The Morgan fingerprint density at radius 3 is 2.66 bits per heavy atom. The molecule has 1 fully saturated rings. The van der Waals surface area contributed by atoms with Gasteiger partial charge in [-0.1, -0.05) is 12.8 Å². The molecule has 0 radical (unpaired) electrons. The Balaban J connectivity index is 1.66. The molecule has 0 aromatic carbocycles. The van der Waals surface area contributed by atoms with E-state index in [1.54, 1.807) is 16.7 Å². The normalized spacial score (nSPS) is 14.0. The number of hydrogen-bond acceptors (Lipinski definition) is 6. The first-order valence-electron chi connectivity index (χ1n) is 9.67. The molecule has 2 heterocycles. The topological polar surface area (TPSA) is 119 Å². The molecule has 0 spiro atoms. The van der Waals surface area contributed by atoms with Gasteiger partial charge in [-0.05, 0) is 38.8 Å². The Morgan fingerprint density at radius 1 is 1.24 bits per heavy atom. The third kappa shape index (κ3) is 4.79. The first kappa shape index (κ1) is 20.5. The van der Waals surface area contributed by atoms with E-state index in [1.165, 1.54) is 6.20 Å². The third-order valence-corrected chi connectivity index (χ3v) is 4.90. The lowest BCUT2D eigenvalue weighted by molar-refractivity contribution is -0.123. The molecule has 0 saturated heterocycles. The molecule has 1 aliphatic rings. The van der Waals surface area contributed by atoms with Crippen molar-refractivity contribution in [3.63, 3.8) is 0 Å². The molecule has 9 heteroatoms. The van der Waals surface area contributed by atoms with Crippen LogP contribution in [0.25, 0.3) is 11.0 Å². The first-order valence-corrected chi connectivity index (χ1v) is 9.67. The second-order valence-corrected chi connectivity index (χ2v) is 7.06. The zero-order valence-electron chi connectivity index (χ0n) is 16.5. The van der Waals surface area contributed by atoms with Crippen molar-refractivity contribution in [3.8, 4) is 0 Å². The number of aryl methyl sites for hydroxylation is 2. The summed E-state index contributed by atoms with van der Waals surface area (Å²) in [4.78, 5) is 53.1. The molecule has 0 aliphatic heterocycles. The Kier molecular flexibility index (Phi) is 6.26. The fraction of sp³-hybridized carbons (Fsp3) is 0.450. The summed E-state index contributed by atoms with van der Waals surface area (Å²) in [6.07, 6.45) is 5.25. The fourth-order valence-electron chi connectivity index (χ4n) is 3.41. The van der Waals surface area contributed by atoms with Gasteiger partial charge in [-0.25, -0.2) is 14.6 Å². The van der Waals surface area contributed by atoms with Gasteiger partial charge in [0.15, 0.2) is 6.61 Å². The highest BCUT2D eigenvalue weighted by Crippen LogP contribution is 2.17. The fourth-order valence-corrected chi connectivity index (χ4v) is 3.41. The average molecular weight is 400 g/mol. The molecular weight excluding hydrogens is 376 g/mol. The van der Waals surface area contributed by atoms with Crippen LogP contribution in [0.5, 0.6) is 0 Å². The number of ether oxygens (including phenoxy) is 1. The number of hydrogen-bond donors (Lipinski definition) is 2. The molecule has 29 heavy (non-hydrogen) atoms. The molecule has 2 aromatic rings. The number of imide groups is 1. The molecule has 2 aromatic heterocycles. The standard InChI is InChI=1S/C20H24N4O5/c1-3-24-10-15(17(26)14-9-8-12(2)21-18(14)24)19(27)29-11-16(25)23-20(28)22-13-6-4-5-7-13/h8-10,13H,3-7,11H2,1-2H3,(H2,22,23,25,28). The molecule has 3 rings (SSSR count). The van der Waals surface area contributed by atoms with Crippen LogP contribution in [0.15, 0.2) is 23.1 Å². The lowest BCUT2D eigenvalue weighted by atomic mass is 10.2. The van der Waals surface area contributed by atoms with Crippen LogP contribution in [0.4, 0.5) is 4.79 Å². The minimum atomic E-state index is -0.925. The van der Waals surface area contributed by atoms with E-state index in [4.69, 9.17) is 4.74 Å². The van der Waals surface area contributed by atoms with Gasteiger partial charge in [-0.2, -0.15) is 0 Å². The number of rotatable bonds is 5. The number of nitrogens with zero attached hydrogens (tertiary/aromatic N) is 2. The quantitative estimate of drug-likeness (QED) is 0.737. The van der Waals surface area contributed by atoms with Crippen LogP contribution in [0, 0.1) is 6.92 Å². The van der Waals surface area contributed by atoms with Crippen LogP contribution in [0.3, 0.4) is 0 Å². The summed E-state index contributed by atoms with van der Waals surface area (Å²) in [6.45, 7) is 3.51. The summed E-state index contributed by atoms with van der Waals surface area (Å²) >= 11 is 0. The maximum Gasteiger partial charge on any atom is 0.344 e. The molecule has 1 aliphatic carbocycles. The van der Waals surface area contributed by atoms with Gasteiger partial charge >= 0.3 is 12.0 Å². The van der Waals surface area contributed by atoms with Crippen LogP contribution < -0.4 is 16.1 Å². The van der Waals surface area contributed by atoms with Crippen molar-refractivity contribution in [1.82, 2.24) is 20.2 Å². The van der Waals surface area contributed by atoms with Crippen molar-refractivity contribution in [2.24, 2.45) is 0 Å². The molecule has 0 unspecified atom stereocenters. The maximum atomic E-state index is 12.6. The number of amides is 3. The lowest BCUT2D eigenvalue weighted by Gasteiger charge is -2.13. The van der Waals surface area contributed by atoms with Crippen LogP contribution >= 0.6 is 0 Å². The summed E-state index contributed by atoms with van der Waals surface area (Å²) in [5.41, 5.74) is 0.534. The average Bonchev–Trinajstić information content (AvgIpc) is 3.19. The van der Waals surface area contributed by atoms with Gasteiger partial charge in [0.25, 0.3) is 5.91 Å². The highest BCUT2D eigenvalue weighted by atomic mass is 16.5. The van der Waals surface area contributed by atoms with Crippen LogP contribution in [0.1, 0.15) is 48.7 Å². The third-order valence-electron chi connectivity index (χ3n) is 4.90. The van der Waals surface area contributed by atoms with Crippen LogP contribution in [0.2, 0.25) is 0 Å². The van der Waals surface area contributed by atoms with Gasteiger partial charge in [0.1, 0.15) is 11.2 Å². The van der Waals surface area contributed by atoms with E-state index in [9.17, 15) is 19.2 Å². The summed E-state index contributed by atoms with van der Waals surface area (Å²) in [7, 11) is 0. The number of carbonyl (C=O) groups excluding carboxylic acids is 3. The number of urea groups is 1. The van der Waals surface area contributed by atoms with Gasteiger partial charge in [-0.3, -0.25) is 14.9 Å². The van der Waals surface area contributed by atoms with Crippen LogP contribution in [-0.4, -0.2) is 40.1 Å². The SMILES string of the molecule is CCn1cc(C(=O)OCC(=O)NC(=O)NC2CCCC2)c(=O)c2ccc(C)nc21. The molecule has 2 N–H and O–H groups in total. The lowest BCUT2D eigenvalue weighted by Crippen LogP contribution is -2.45. The van der Waals surface area contributed by atoms with Crippen molar-refractivity contribution < 1.29 is 19.1 Å². The maximum absolute atomic E-state index is 12.6. The summed E-state index contributed by atoms with van der Waals surface area (Å²) < 4.78 is 6.63. The van der Waals surface area contributed by atoms with Gasteiger partial charge < -0.3 is 14.6 Å². The van der Waals surface area contributed by atoms with E-state index < -0.39 is 29.9 Å². The molecule has 3 amide bonds. The van der Waals surface area contributed by atoms with Gasteiger partial charge in [0.05, 0.1) is 5.39 Å². The van der Waals surface area contributed by atoms with Crippen LogP contribution in [-0.2, 0) is 16.1 Å². The monoisotopic (exact) mass is 400 g/mol. The number of esters is 1. The molecule has 1 saturated carbocycles. The summed E-state index contributed by atoms with van der Waals surface area (Å²) in [5, 5.41) is 5.13. The van der Waals surface area contributed by atoms with Crippen molar-refractivity contribution in [3.05, 3.63) is 39.8 Å². The zero-order chi connectivity index (χ0) is 21.0. The van der Waals surface area contributed by atoms with Gasteiger partial charge in [0, 0.05) is 24.5 Å². The van der Waals surface area contributed by atoms with Crippen molar-refractivity contribution in [2.45, 2.75) is 52.1 Å². The molecule has 0 bridgehead atoms. The Bertz CT molecular complexity index is 1010. The van der Waals surface area contributed by atoms with Crippen molar-refractivity contribution in [1.29, 1.82) is 0 Å². The van der Waals surface area contributed by atoms with E-state index in [-0.39, 0.29) is 11.6 Å². The first-order chi connectivity index (χ1) is 13.9. The predicted molar refractivity (Wildman–Crippen MR) is 106 cm³/mol. The Labute approximate surface area is 167 Å². The number of aromatic nitrogens is 2. The number of carbonyl (C=O) groups is 3. The van der Waals surface area contributed by atoms with Gasteiger partial charge in [-0.15, -0.1) is 0 Å². The molecule has 154 valence electrons. The smallest absolute Gasteiger partial charge is 0.344 e. The Hall–Kier alpha value is -3.23. The highest BCUT2D eigenvalue weighted by Gasteiger charge is 2.21. The van der Waals surface area contributed by atoms with E-state index >= 15 is 0 Å². The second-order valence-electron chi connectivity index (χ2n) is 7.06. The van der Waals surface area contributed by atoms with E-state index in [2.05, 4.69) is 15.6 Å².